The van der Waals surface area contributed by atoms with Crippen molar-refractivity contribution in [1.82, 2.24) is 5.32 Å². The first kappa shape index (κ1) is 18.8. The Morgan fingerprint density at radius 2 is 1.70 bits per heavy atom. The number of barbiturate groups is 1. The van der Waals surface area contributed by atoms with Gasteiger partial charge in [-0.05, 0) is 44.0 Å². The summed E-state index contributed by atoms with van der Waals surface area (Å²) in [6, 6.07) is 15.3. The molecule has 4 atom stereocenters. The quantitative estimate of drug-likeness (QED) is 0.738. The molecule has 1 spiro atoms. The smallest absolute Gasteiger partial charge is 0.335 e. The largest absolute Gasteiger partial charge is 0.372 e. The predicted octanol–water partition coefficient (Wildman–Crippen LogP) is 2.49. The average Bonchev–Trinajstić information content (AvgIpc) is 2.72. The second kappa shape index (κ2) is 6.67. The summed E-state index contributed by atoms with van der Waals surface area (Å²) in [5.74, 6) is -1.06. The van der Waals surface area contributed by atoms with Crippen molar-refractivity contribution in [2.45, 2.75) is 38.5 Å². The Balaban J connectivity index is 1.70. The van der Waals surface area contributed by atoms with E-state index >= 15 is 0 Å². The number of amides is 4. The zero-order valence-electron chi connectivity index (χ0n) is 16.9. The van der Waals surface area contributed by atoms with Crippen LogP contribution in [-0.2, 0) is 20.7 Å². The number of morpholine rings is 1. The maximum absolute atomic E-state index is 14.0. The van der Waals surface area contributed by atoms with Gasteiger partial charge in [0.15, 0.2) is 5.41 Å². The monoisotopic (exact) mass is 405 g/mol. The number of hydrogen-bond acceptors (Lipinski definition) is 5. The van der Waals surface area contributed by atoms with Crippen LogP contribution >= 0.6 is 0 Å². The predicted molar refractivity (Wildman–Crippen MR) is 111 cm³/mol. The topological polar surface area (TPSA) is 79.0 Å². The molecule has 0 aromatic heterocycles. The molecule has 4 amide bonds. The number of imide groups is 2. The zero-order chi connectivity index (χ0) is 21.0. The van der Waals surface area contributed by atoms with E-state index < -0.39 is 29.3 Å². The number of nitrogens with one attached hydrogen (secondary N) is 1. The summed E-state index contributed by atoms with van der Waals surface area (Å²) in [5.41, 5.74) is 0.910. The minimum atomic E-state index is -1.46. The third kappa shape index (κ3) is 2.51. The highest BCUT2D eigenvalue weighted by Gasteiger charge is 2.64. The van der Waals surface area contributed by atoms with Gasteiger partial charge in [-0.1, -0.05) is 36.4 Å². The number of carbonyl (C=O) groups excluding carboxylic acids is 3. The lowest BCUT2D eigenvalue weighted by Crippen LogP contribution is -2.76. The van der Waals surface area contributed by atoms with Crippen LogP contribution in [0.5, 0.6) is 0 Å². The van der Waals surface area contributed by atoms with Crippen molar-refractivity contribution >= 4 is 29.2 Å². The molecule has 0 radical (unpaired) electrons. The maximum atomic E-state index is 14.0. The fraction of sp³-hybridized carbons (Fsp3) is 0.348. The maximum Gasteiger partial charge on any atom is 0.335 e. The molecule has 7 heteroatoms. The molecular formula is C23H23N3O4. The van der Waals surface area contributed by atoms with Crippen LogP contribution in [0.3, 0.4) is 0 Å². The molecule has 154 valence electrons. The molecule has 2 aromatic carbocycles. The van der Waals surface area contributed by atoms with E-state index in [0.717, 1.165) is 16.2 Å². The van der Waals surface area contributed by atoms with E-state index in [-0.39, 0.29) is 18.6 Å². The molecule has 2 fully saturated rings. The molecule has 2 aromatic rings. The van der Waals surface area contributed by atoms with Gasteiger partial charge < -0.3 is 9.64 Å². The van der Waals surface area contributed by atoms with Gasteiger partial charge in [-0.25, -0.2) is 9.69 Å². The molecule has 1 N–H and O–H groups in total. The second-order valence-corrected chi connectivity index (χ2v) is 8.26. The normalized spacial score (nSPS) is 30.7. The van der Waals surface area contributed by atoms with Gasteiger partial charge in [0.1, 0.15) is 0 Å². The fourth-order valence-corrected chi connectivity index (χ4v) is 5.27. The van der Waals surface area contributed by atoms with E-state index in [1.807, 2.05) is 44.2 Å². The van der Waals surface area contributed by atoms with Crippen molar-refractivity contribution in [3.63, 3.8) is 0 Å². The summed E-state index contributed by atoms with van der Waals surface area (Å²) in [7, 11) is 0. The molecule has 0 aliphatic carbocycles. The fourth-order valence-electron chi connectivity index (χ4n) is 5.27. The standard InChI is InChI=1S/C23H23N3O4/c1-14-13-25-18-11-7-6-8-16(18)12-23(19(25)15(2)30-14)20(27)24-22(29)26(21(23)28)17-9-4-3-5-10-17/h3-11,14-15,19H,12-13H2,1-2H3,(H,24,27,29)/t14-,15+,19+,23-/m1/s1. The van der Waals surface area contributed by atoms with E-state index in [4.69, 9.17) is 4.74 Å². The lowest BCUT2D eigenvalue weighted by Gasteiger charge is -2.56. The Hall–Kier alpha value is -3.19. The first-order chi connectivity index (χ1) is 14.4. The van der Waals surface area contributed by atoms with Crippen molar-refractivity contribution in [1.29, 1.82) is 0 Å². The Morgan fingerprint density at radius 3 is 2.47 bits per heavy atom. The Morgan fingerprint density at radius 1 is 1.00 bits per heavy atom. The number of hydrogen-bond donors (Lipinski definition) is 1. The molecule has 7 nitrogen and oxygen atoms in total. The number of para-hydroxylation sites is 2. The molecule has 0 bridgehead atoms. The van der Waals surface area contributed by atoms with Crippen molar-refractivity contribution in [3.8, 4) is 0 Å². The van der Waals surface area contributed by atoms with E-state index in [2.05, 4.69) is 10.2 Å². The average molecular weight is 405 g/mol. The Kier molecular flexibility index (Phi) is 4.18. The highest BCUT2D eigenvalue weighted by atomic mass is 16.5. The van der Waals surface area contributed by atoms with Crippen LogP contribution in [0.1, 0.15) is 19.4 Å². The Bertz CT molecular complexity index is 1040. The Labute approximate surface area is 174 Å². The van der Waals surface area contributed by atoms with E-state index in [1.54, 1.807) is 24.3 Å². The first-order valence-electron chi connectivity index (χ1n) is 10.2. The minimum Gasteiger partial charge on any atom is -0.372 e. The summed E-state index contributed by atoms with van der Waals surface area (Å²) >= 11 is 0. The van der Waals surface area contributed by atoms with E-state index in [1.165, 1.54) is 0 Å². The highest BCUT2D eigenvalue weighted by Crippen LogP contribution is 2.48. The number of anilines is 2. The molecule has 5 rings (SSSR count). The van der Waals surface area contributed by atoms with Crippen molar-refractivity contribution in [2.24, 2.45) is 5.41 Å². The summed E-state index contributed by atoms with van der Waals surface area (Å²) in [6.07, 6.45) is -0.205. The number of nitrogens with zero attached hydrogens (tertiary/aromatic N) is 2. The van der Waals surface area contributed by atoms with Crippen molar-refractivity contribution < 1.29 is 19.1 Å². The number of carbonyl (C=O) groups is 3. The summed E-state index contributed by atoms with van der Waals surface area (Å²) in [4.78, 5) is 43.3. The molecule has 0 saturated carbocycles. The molecular weight excluding hydrogens is 382 g/mol. The van der Waals surface area contributed by atoms with Gasteiger partial charge in [0, 0.05) is 12.2 Å². The van der Waals surface area contributed by atoms with Gasteiger partial charge in [0.05, 0.1) is 23.9 Å². The van der Waals surface area contributed by atoms with Gasteiger partial charge >= 0.3 is 6.03 Å². The number of urea groups is 1. The van der Waals surface area contributed by atoms with Gasteiger partial charge in [-0.3, -0.25) is 14.9 Å². The molecule has 3 heterocycles. The van der Waals surface area contributed by atoms with Crippen molar-refractivity contribution in [3.05, 3.63) is 60.2 Å². The van der Waals surface area contributed by atoms with Gasteiger partial charge in [-0.2, -0.15) is 0 Å². The lowest BCUT2D eigenvalue weighted by molar-refractivity contribution is -0.151. The summed E-state index contributed by atoms with van der Waals surface area (Å²) in [6.45, 7) is 4.44. The van der Waals surface area contributed by atoms with Crippen molar-refractivity contribution in [2.75, 3.05) is 16.3 Å². The molecule has 30 heavy (non-hydrogen) atoms. The highest BCUT2D eigenvalue weighted by molar-refractivity contribution is 6.30. The van der Waals surface area contributed by atoms with Crippen LogP contribution in [0.15, 0.2) is 54.6 Å². The van der Waals surface area contributed by atoms with Crippen LogP contribution in [0, 0.1) is 5.41 Å². The molecule has 0 unspecified atom stereocenters. The van der Waals surface area contributed by atoms with Gasteiger partial charge in [-0.15, -0.1) is 0 Å². The molecule has 2 saturated heterocycles. The van der Waals surface area contributed by atoms with Gasteiger partial charge in [0.2, 0.25) is 5.91 Å². The third-order valence-electron chi connectivity index (χ3n) is 6.38. The number of ether oxygens (including phenoxy) is 1. The van der Waals surface area contributed by atoms with Crippen LogP contribution in [-0.4, -0.2) is 42.6 Å². The molecule has 3 aliphatic rings. The SMILES string of the molecule is C[C@@H]1CN2c3ccccc3C[C@]3(C(=O)NC(=O)N(c4ccccc4)C3=O)[C@@H]2[C@H](C)O1. The van der Waals surface area contributed by atoms with Crippen LogP contribution in [0.25, 0.3) is 0 Å². The minimum absolute atomic E-state index is 0.0481. The molecule has 3 aliphatic heterocycles. The first-order valence-corrected chi connectivity index (χ1v) is 10.2. The van der Waals surface area contributed by atoms with Crippen LogP contribution in [0.2, 0.25) is 0 Å². The third-order valence-corrected chi connectivity index (χ3v) is 6.38. The summed E-state index contributed by atoms with van der Waals surface area (Å²) < 4.78 is 6.09. The zero-order valence-corrected chi connectivity index (χ0v) is 16.9. The summed E-state index contributed by atoms with van der Waals surface area (Å²) in [5, 5.41) is 2.46. The number of benzene rings is 2. The number of rotatable bonds is 1. The second-order valence-electron chi connectivity index (χ2n) is 8.26. The van der Waals surface area contributed by atoms with Crippen LogP contribution in [0.4, 0.5) is 16.2 Å². The van der Waals surface area contributed by atoms with Gasteiger partial charge in [0.25, 0.3) is 5.91 Å². The van der Waals surface area contributed by atoms with E-state index in [0.29, 0.717) is 12.2 Å². The van der Waals surface area contributed by atoms with E-state index in [9.17, 15) is 14.4 Å². The van der Waals surface area contributed by atoms with Crippen LogP contribution < -0.4 is 15.1 Å². The lowest BCUT2D eigenvalue weighted by atomic mass is 9.66. The number of fused-ring (bicyclic) bond motifs is 4.